The van der Waals surface area contributed by atoms with Gasteiger partial charge in [0.25, 0.3) is 5.91 Å². The summed E-state index contributed by atoms with van der Waals surface area (Å²) in [6.45, 7) is 1.82. The van der Waals surface area contributed by atoms with E-state index in [1.165, 1.54) is 23.5 Å². The number of carbonyl (C=O) groups excluding carboxylic acids is 1. The van der Waals surface area contributed by atoms with Crippen LogP contribution in [0.25, 0.3) is 0 Å². The molecule has 0 aliphatic carbocycles. The van der Waals surface area contributed by atoms with Gasteiger partial charge in [-0.3, -0.25) is 4.79 Å². The van der Waals surface area contributed by atoms with E-state index in [4.69, 9.17) is 5.11 Å². The molecular formula is C13H9BrFNO3S. The van der Waals surface area contributed by atoms with Crippen LogP contribution in [0.1, 0.15) is 25.6 Å². The van der Waals surface area contributed by atoms with Gasteiger partial charge in [0, 0.05) is 0 Å². The van der Waals surface area contributed by atoms with Gasteiger partial charge < -0.3 is 10.4 Å². The number of benzene rings is 1. The number of anilines is 1. The minimum absolute atomic E-state index is 0.286. The Morgan fingerprint density at radius 3 is 2.65 bits per heavy atom. The number of carbonyl (C=O) groups is 2. The molecule has 0 atom stereocenters. The highest BCUT2D eigenvalue weighted by atomic mass is 79.9. The molecule has 4 nitrogen and oxygen atoms in total. The van der Waals surface area contributed by atoms with Crippen molar-refractivity contribution in [1.82, 2.24) is 0 Å². The summed E-state index contributed by atoms with van der Waals surface area (Å²) in [5, 5.41) is 11.3. The number of nitrogens with one attached hydrogen (secondary N) is 1. The van der Waals surface area contributed by atoms with Gasteiger partial charge in [0.2, 0.25) is 0 Å². The fourth-order valence-electron chi connectivity index (χ4n) is 1.58. The number of rotatable bonds is 3. The monoisotopic (exact) mass is 357 g/mol. The number of aryl methyl sites for hydroxylation is 1. The van der Waals surface area contributed by atoms with Gasteiger partial charge in [0.05, 0.1) is 19.9 Å². The summed E-state index contributed by atoms with van der Waals surface area (Å²) in [4.78, 5) is 23.4. The first-order valence-electron chi connectivity index (χ1n) is 5.49. The van der Waals surface area contributed by atoms with Crippen molar-refractivity contribution in [1.29, 1.82) is 0 Å². The summed E-state index contributed by atoms with van der Waals surface area (Å²) in [6.07, 6.45) is 0. The number of amides is 1. The Balaban J connectivity index is 2.35. The minimum Gasteiger partial charge on any atom is -0.478 e. The molecule has 1 aromatic heterocycles. The number of carboxylic acids is 1. The van der Waals surface area contributed by atoms with Crippen LogP contribution >= 0.6 is 27.3 Å². The van der Waals surface area contributed by atoms with Crippen LogP contribution in [0.5, 0.6) is 0 Å². The fourth-order valence-corrected chi connectivity index (χ4v) is 3.01. The number of hydrogen-bond donors (Lipinski definition) is 2. The molecule has 0 spiro atoms. The fraction of sp³-hybridized carbons (Fsp3) is 0.0769. The average Bonchev–Trinajstić information content (AvgIpc) is 2.72. The van der Waals surface area contributed by atoms with Crippen LogP contribution in [0.3, 0.4) is 0 Å². The predicted octanol–water partition coefficient (Wildman–Crippen LogP) is 3.91. The topological polar surface area (TPSA) is 66.4 Å². The SMILES string of the molecule is Cc1cc(C(=O)Nc2c(F)cccc2C(=O)O)sc1Br. The van der Waals surface area contributed by atoms with Crippen molar-refractivity contribution in [3.05, 3.63) is 49.9 Å². The maximum absolute atomic E-state index is 13.7. The Hall–Kier alpha value is -1.73. The lowest BCUT2D eigenvalue weighted by molar-refractivity contribution is 0.0697. The van der Waals surface area contributed by atoms with Crippen LogP contribution in [0.4, 0.5) is 10.1 Å². The number of thiophene rings is 1. The van der Waals surface area contributed by atoms with Gasteiger partial charge in [-0.2, -0.15) is 0 Å². The number of carboxylic acid groups (broad SMARTS) is 1. The van der Waals surface area contributed by atoms with Gasteiger partial charge in [0.1, 0.15) is 5.82 Å². The Morgan fingerprint density at radius 2 is 2.10 bits per heavy atom. The van der Waals surface area contributed by atoms with E-state index in [2.05, 4.69) is 21.2 Å². The molecule has 0 aliphatic heterocycles. The van der Waals surface area contributed by atoms with Gasteiger partial charge in [0.15, 0.2) is 0 Å². The zero-order valence-electron chi connectivity index (χ0n) is 10.2. The molecule has 1 heterocycles. The van der Waals surface area contributed by atoms with Gasteiger partial charge in [-0.1, -0.05) is 6.07 Å². The molecule has 2 N–H and O–H groups in total. The third kappa shape index (κ3) is 2.88. The number of para-hydroxylation sites is 1. The normalized spacial score (nSPS) is 10.3. The molecule has 2 rings (SSSR count). The van der Waals surface area contributed by atoms with E-state index in [0.29, 0.717) is 4.88 Å². The lowest BCUT2D eigenvalue weighted by Gasteiger charge is -2.08. The van der Waals surface area contributed by atoms with Crippen LogP contribution in [-0.2, 0) is 0 Å². The standard InChI is InChI=1S/C13H9BrFNO3S/c1-6-5-9(20-11(6)14)12(17)16-10-7(13(18)19)3-2-4-8(10)15/h2-5H,1H3,(H,16,17)(H,18,19). The molecule has 0 fully saturated rings. The summed E-state index contributed by atoms with van der Waals surface area (Å²) in [6, 6.07) is 5.25. The third-order valence-electron chi connectivity index (χ3n) is 2.56. The van der Waals surface area contributed by atoms with E-state index < -0.39 is 17.7 Å². The Morgan fingerprint density at radius 1 is 1.40 bits per heavy atom. The molecule has 1 amide bonds. The van der Waals surface area contributed by atoms with E-state index in [9.17, 15) is 14.0 Å². The van der Waals surface area contributed by atoms with Gasteiger partial charge >= 0.3 is 5.97 Å². The van der Waals surface area contributed by atoms with E-state index in [-0.39, 0.29) is 11.3 Å². The summed E-state index contributed by atoms with van der Waals surface area (Å²) in [5.74, 6) is -2.63. The van der Waals surface area contributed by atoms with Gasteiger partial charge in [-0.25, -0.2) is 9.18 Å². The van der Waals surface area contributed by atoms with Crippen LogP contribution in [0.2, 0.25) is 0 Å². The molecule has 0 saturated heterocycles. The number of hydrogen-bond acceptors (Lipinski definition) is 3. The maximum atomic E-state index is 13.7. The van der Waals surface area contributed by atoms with E-state index >= 15 is 0 Å². The number of halogens is 2. The molecule has 0 aliphatic rings. The molecule has 104 valence electrons. The van der Waals surface area contributed by atoms with E-state index in [0.717, 1.165) is 15.4 Å². The summed E-state index contributed by atoms with van der Waals surface area (Å²) < 4.78 is 14.5. The molecular weight excluding hydrogens is 349 g/mol. The second-order valence-corrected chi connectivity index (χ2v) is 6.36. The minimum atomic E-state index is -1.30. The first kappa shape index (κ1) is 14.7. The molecule has 0 bridgehead atoms. The number of aromatic carboxylic acids is 1. The van der Waals surface area contributed by atoms with Gasteiger partial charge in [-0.15, -0.1) is 11.3 Å². The first-order valence-corrected chi connectivity index (χ1v) is 7.10. The van der Waals surface area contributed by atoms with Crippen LogP contribution in [0, 0.1) is 12.7 Å². The van der Waals surface area contributed by atoms with Crippen LogP contribution in [0.15, 0.2) is 28.1 Å². The molecule has 0 radical (unpaired) electrons. The quantitative estimate of drug-likeness (QED) is 0.874. The molecule has 0 saturated carbocycles. The Labute approximate surface area is 126 Å². The van der Waals surface area contributed by atoms with E-state index in [1.54, 1.807) is 6.07 Å². The molecule has 2 aromatic rings. The van der Waals surface area contributed by atoms with Crippen molar-refractivity contribution < 1.29 is 19.1 Å². The highest BCUT2D eigenvalue weighted by Gasteiger charge is 2.18. The predicted molar refractivity (Wildman–Crippen MR) is 78.1 cm³/mol. The van der Waals surface area contributed by atoms with Crippen molar-refractivity contribution in [2.45, 2.75) is 6.92 Å². The zero-order valence-corrected chi connectivity index (χ0v) is 12.6. The molecule has 0 unspecified atom stereocenters. The first-order chi connectivity index (χ1) is 9.40. The second-order valence-electron chi connectivity index (χ2n) is 3.99. The Bertz CT molecular complexity index is 679. The lowest BCUT2D eigenvalue weighted by atomic mass is 10.1. The average molecular weight is 358 g/mol. The third-order valence-corrected chi connectivity index (χ3v) is 4.70. The second kappa shape index (κ2) is 5.72. The largest absolute Gasteiger partial charge is 0.478 e. The van der Waals surface area contributed by atoms with E-state index in [1.807, 2.05) is 6.92 Å². The van der Waals surface area contributed by atoms with Crippen molar-refractivity contribution in [2.24, 2.45) is 0 Å². The van der Waals surface area contributed by atoms with Crippen molar-refractivity contribution in [3.63, 3.8) is 0 Å². The highest BCUT2D eigenvalue weighted by molar-refractivity contribution is 9.11. The highest BCUT2D eigenvalue weighted by Crippen LogP contribution is 2.28. The van der Waals surface area contributed by atoms with Crippen molar-refractivity contribution in [3.8, 4) is 0 Å². The van der Waals surface area contributed by atoms with Crippen LogP contribution < -0.4 is 5.32 Å². The molecule has 7 heteroatoms. The van der Waals surface area contributed by atoms with Crippen LogP contribution in [-0.4, -0.2) is 17.0 Å². The summed E-state index contributed by atoms with van der Waals surface area (Å²) in [5.41, 5.74) is 0.269. The van der Waals surface area contributed by atoms with Gasteiger partial charge in [-0.05, 0) is 46.6 Å². The maximum Gasteiger partial charge on any atom is 0.337 e. The summed E-state index contributed by atoms with van der Waals surface area (Å²) in [7, 11) is 0. The van der Waals surface area contributed by atoms with Crippen molar-refractivity contribution >= 4 is 44.8 Å². The molecule has 1 aromatic carbocycles. The molecule has 20 heavy (non-hydrogen) atoms. The lowest BCUT2D eigenvalue weighted by Crippen LogP contribution is -2.15. The summed E-state index contributed by atoms with van der Waals surface area (Å²) >= 11 is 4.49. The zero-order chi connectivity index (χ0) is 14.9. The Kier molecular flexibility index (Phi) is 4.20. The smallest absolute Gasteiger partial charge is 0.337 e. The van der Waals surface area contributed by atoms with Crippen molar-refractivity contribution in [2.75, 3.05) is 5.32 Å².